The summed E-state index contributed by atoms with van der Waals surface area (Å²) in [6.07, 6.45) is 0. The Morgan fingerprint density at radius 1 is 1.47 bits per heavy atom. The first kappa shape index (κ1) is 14.0. The monoisotopic (exact) mass is 285 g/mol. The number of carboxylic acids is 1. The van der Waals surface area contributed by atoms with Gasteiger partial charge in [0.1, 0.15) is 0 Å². The number of rotatable bonds is 5. The second kappa shape index (κ2) is 5.67. The number of nitrogens with zero attached hydrogens (tertiary/aromatic N) is 1. The van der Waals surface area contributed by atoms with Gasteiger partial charge in [0.05, 0.1) is 11.6 Å². The van der Waals surface area contributed by atoms with Gasteiger partial charge in [-0.2, -0.15) is 0 Å². The van der Waals surface area contributed by atoms with Gasteiger partial charge in [0.2, 0.25) is 6.79 Å². The molecule has 1 heterocycles. The van der Waals surface area contributed by atoms with Crippen molar-refractivity contribution in [3.63, 3.8) is 0 Å². The minimum Gasteiger partial charge on any atom is -0.480 e. The molecule has 0 aromatic heterocycles. The van der Waals surface area contributed by atoms with Gasteiger partial charge in [0, 0.05) is 12.6 Å². The highest BCUT2D eigenvalue weighted by Gasteiger charge is 2.20. The summed E-state index contributed by atoms with van der Waals surface area (Å²) in [4.78, 5) is 12.7. The van der Waals surface area contributed by atoms with Crippen LogP contribution in [0.5, 0.6) is 11.5 Å². The Balaban J connectivity index is 2.17. The van der Waals surface area contributed by atoms with Crippen molar-refractivity contribution in [3.05, 3.63) is 22.7 Å². The molecule has 1 aromatic carbocycles. The molecule has 0 saturated heterocycles. The van der Waals surface area contributed by atoms with Crippen LogP contribution in [0.3, 0.4) is 0 Å². The SMILES string of the molecule is CC(C)N(CC(=O)O)Cc1cc(Cl)c2c(c1)OCO2. The Bertz CT molecular complexity index is 490. The molecule has 0 atom stereocenters. The van der Waals surface area contributed by atoms with Gasteiger partial charge in [-0.1, -0.05) is 11.6 Å². The molecular weight excluding hydrogens is 270 g/mol. The lowest BCUT2D eigenvalue weighted by atomic mass is 10.1. The number of carboxylic acid groups (broad SMARTS) is 1. The lowest BCUT2D eigenvalue weighted by molar-refractivity contribution is -0.138. The van der Waals surface area contributed by atoms with Crippen molar-refractivity contribution >= 4 is 17.6 Å². The van der Waals surface area contributed by atoms with Crippen molar-refractivity contribution in [3.8, 4) is 11.5 Å². The molecule has 0 radical (unpaired) electrons. The fourth-order valence-corrected chi connectivity index (χ4v) is 2.23. The van der Waals surface area contributed by atoms with Gasteiger partial charge in [-0.15, -0.1) is 0 Å². The van der Waals surface area contributed by atoms with E-state index in [0.29, 0.717) is 23.1 Å². The summed E-state index contributed by atoms with van der Waals surface area (Å²) in [6.45, 7) is 4.57. The molecule has 0 fully saturated rings. The summed E-state index contributed by atoms with van der Waals surface area (Å²) < 4.78 is 10.5. The zero-order valence-corrected chi connectivity index (χ0v) is 11.6. The minimum atomic E-state index is -0.847. The second-order valence-electron chi connectivity index (χ2n) is 4.70. The first-order valence-corrected chi connectivity index (χ1v) is 6.39. The zero-order valence-electron chi connectivity index (χ0n) is 10.9. The maximum atomic E-state index is 10.8. The van der Waals surface area contributed by atoms with Gasteiger partial charge in [-0.25, -0.2) is 0 Å². The van der Waals surface area contributed by atoms with E-state index in [1.807, 2.05) is 24.8 Å². The van der Waals surface area contributed by atoms with Gasteiger partial charge in [-0.3, -0.25) is 9.69 Å². The topological polar surface area (TPSA) is 59.0 Å². The van der Waals surface area contributed by atoms with Crippen molar-refractivity contribution in [1.82, 2.24) is 4.90 Å². The number of hydrogen-bond donors (Lipinski definition) is 1. The molecular formula is C13H16ClNO4. The molecule has 1 aliphatic rings. The van der Waals surface area contributed by atoms with E-state index < -0.39 is 5.97 Å². The fraction of sp³-hybridized carbons (Fsp3) is 0.462. The van der Waals surface area contributed by atoms with E-state index in [4.69, 9.17) is 26.2 Å². The Morgan fingerprint density at radius 2 is 2.21 bits per heavy atom. The number of carbonyl (C=O) groups is 1. The van der Waals surface area contributed by atoms with Gasteiger partial charge in [-0.05, 0) is 31.5 Å². The van der Waals surface area contributed by atoms with E-state index in [9.17, 15) is 4.79 Å². The summed E-state index contributed by atoms with van der Waals surface area (Å²) in [6, 6.07) is 3.75. The van der Waals surface area contributed by atoms with Crippen molar-refractivity contribution < 1.29 is 19.4 Å². The summed E-state index contributed by atoms with van der Waals surface area (Å²) in [5, 5.41) is 9.40. The van der Waals surface area contributed by atoms with Crippen LogP contribution in [0, 0.1) is 0 Å². The van der Waals surface area contributed by atoms with Gasteiger partial charge in [0.15, 0.2) is 11.5 Å². The molecule has 19 heavy (non-hydrogen) atoms. The maximum Gasteiger partial charge on any atom is 0.317 e. The fourth-order valence-electron chi connectivity index (χ4n) is 1.94. The summed E-state index contributed by atoms with van der Waals surface area (Å²) in [5.74, 6) is 0.321. The number of hydrogen-bond acceptors (Lipinski definition) is 4. The Hall–Kier alpha value is -1.46. The van der Waals surface area contributed by atoms with Crippen LogP contribution in [0.2, 0.25) is 5.02 Å². The third kappa shape index (κ3) is 3.30. The smallest absolute Gasteiger partial charge is 0.317 e. The van der Waals surface area contributed by atoms with Gasteiger partial charge in [0.25, 0.3) is 0 Å². The minimum absolute atomic E-state index is 0.0102. The van der Waals surface area contributed by atoms with Crippen LogP contribution in [-0.2, 0) is 11.3 Å². The normalized spacial score (nSPS) is 13.3. The lowest BCUT2D eigenvalue weighted by Crippen LogP contribution is -2.35. The number of fused-ring (bicyclic) bond motifs is 1. The highest BCUT2D eigenvalue weighted by atomic mass is 35.5. The molecule has 0 spiro atoms. The standard InChI is InChI=1S/C13H16ClNO4/c1-8(2)15(6-12(16)17)5-9-3-10(14)13-11(4-9)18-7-19-13/h3-4,8H,5-7H2,1-2H3,(H,16,17). The zero-order chi connectivity index (χ0) is 14.0. The number of benzene rings is 1. The van der Waals surface area contributed by atoms with Crippen LogP contribution in [0.1, 0.15) is 19.4 Å². The molecule has 0 amide bonds. The summed E-state index contributed by atoms with van der Waals surface area (Å²) in [5.41, 5.74) is 0.907. The molecule has 1 aromatic rings. The van der Waals surface area contributed by atoms with Crippen molar-refractivity contribution in [2.24, 2.45) is 0 Å². The quantitative estimate of drug-likeness (QED) is 0.900. The van der Waals surface area contributed by atoms with E-state index in [1.165, 1.54) is 0 Å². The van der Waals surface area contributed by atoms with Crippen LogP contribution in [0.15, 0.2) is 12.1 Å². The second-order valence-corrected chi connectivity index (χ2v) is 5.11. The van der Waals surface area contributed by atoms with E-state index in [1.54, 1.807) is 6.07 Å². The van der Waals surface area contributed by atoms with Gasteiger partial charge >= 0.3 is 5.97 Å². The molecule has 2 rings (SSSR count). The number of ether oxygens (including phenoxy) is 2. The van der Waals surface area contributed by atoms with Crippen LogP contribution < -0.4 is 9.47 Å². The highest BCUT2D eigenvalue weighted by Crippen LogP contribution is 2.40. The van der Waals surface area contributed by atoms with E-state index in [-0.39, 0.29) is 19.4 Å². The molecule has 5 nitrogen and oxygen atoms in total. The maximum absolute atomic E-state index is 10.8. The average molecular weight is 286 g/mol. The number of halogens is 1. The Kier molecular flexibility index (Phi) is 4.17. The van der Waals surface area contributed by atoms with Crippen LogP contribution in [-0.4, -0.2) is 35.4 Å². The average Bonchev–Trinajstić information content (AvgIpc) is 2.76. The molecule has 104 valence electrons. The summed E-state index contributed by atoms with van der Waals surface area (Å²) >= 11 is 6.10. The largest absolute Gasteiger partial charge is 0.480 e. The third-order valence-electron chi connectivity index (χ3n) is 2.94. The predicted molar refractivity (Wildman–Crippen MR) is 70.8 cm³/mol. The molecule has 1 aliphatic heterocycles. The van der Waals surface area contributed by atoms with Crippen molar-refractivity contribution in [2.45, 2.75) is 26.4 Å². The molecule has 6 heteroatoms. The van der Waals surface area contributed by atoms with Crippen molar-refractivity contribution in [1.29, 1.82) is 0 Å². The third-order valence-corrected chi connectivity index (χ3v) is 3.22. The molecule has 0 bridgehead atoms. The van der Waals surface area contributed by atoms with E-state index in [2.05, 4.69) is 0 Å². The van der Waals surface area contributed by atoms with Crippen molar-refractivity contribution in [2.75, 3.05) is 13.3 Å². The van der Waals surface area contributed by atoms with Gasteiger partial charge < -0.3 is 14.6 Å². The first-order chi connectivity index (χ1) is 8.97. The number of aliphatic carboxylic acids is 1. The van der Waals surface area contributed by atoms with E-state index in [0.717, 1.165) is 5.56 Å². The highest BCUT2D eigenvalue weighted by molar-refractivity contribution is 6.32. The Morgan fingerprint density at radius 3 is 2.84 bits per heavy atom. The first-order valence-electron chi connectivity index (χ1n) is 6.01. The van der Waals surface area contributed by atoms with Crippen LogP contribution >= 0.6 is 11.6 Å². The van der Waals surface area contributed by atoms with E-state index >= 15 is 0 Å². The van der Waals surface area contributed by atoms with Crippen LogP contribution in [0.4, 0.5) is 0 Å². The summed E-state index contributed by atoms with van der Waals surface area (Å²) in [7, 11) is 0. The molecule has 1 N–H and O–H groups in total. The molecule has 0 saturated carbocycles. The predicted octanol–water partition coefficient (Wildman–Crippen LogP) is 2.36. The molecule has 0 unspecified atom stereocenters. The molecule has 0 aliphatic carbocycles. The van der Waals surface area contributed by atoms with Crippen LogP contribution in [0.25, 0.3) is 0 Å². The Labute approximate surface area is 116 Å². The lowest BCUT2D eigenvalue weighted by Gasteiger charge is -2.24.